The van der Waals surface area contributed by atoms with Gasteiger partial charge in [-0.05, 0) is 0 Å². The first-order valence-electron chi connectivity index (χ1n) is 3.82. The summed E-state index contributed by atoms with van der Waals surface area (Å²) in [5, 5.41) is 0. The number of methoxy groups -OCH3 is 1. The van der Waals surface area contributed by atoms with Crippen LogP contribution in [-0.2, 0) is 0 Å². The molecule has 0 saturated heterocycles. The van der Waals surface area contributed by atoms with Gasteiger partial charge in [0.15, 0.2) is 6.29 Å². The lowest BCUT2D eigenvalue weighted by molar-refractivity contribution is 0.112. The Morgan fingerprint density at radius 3 is 3.15 bits per heavy atom. The predicted octanol–water partition coefficient (Wildman–Crippen LogP) is 1.38. The van der Waals surface area contributed by atoms with Crippen LogP contribution >= 0.6 is 0 Å². The van der Waals surface area contributed by atoms with Gasteiger partial charge in [0.1, 0.15) is 16.8 Å². The molecule has 0 unspecified atom stereocenters. The molecule has 2 heterocycles. The van der Waals surface area contributed by atoms with E-state index >= 15 is 0 Å². The minimum Gasteiger partial charge on any atom is -0.494 e. The molecule has 0 amide bonds. The average Bonchev–Trinajstić information content (AvgIpc) is 2.60. The molecule has 0 aliphatic heterocycles. The molecule has 0 aliphatic carbocycles. The predicted molar refractivity (Wildman–Crippen MR) is 48.0 cm³/mol. The third-order valence-electron chi connectivity index (χ3n) is 1.91. The third-order valence-corrected chi connectivity index (χ3v) is 1.91. The lowest BCUT2D eigenvalue weighted by atomic mass is 10.3. The van der Waals surface area contributed by atoms with Gasteiger partial charge in [-0.2, -0.15) is 0 Å². The molecule has 4 heteroatoms. The number of aldehydes is 1. The van der Waals surface area contributed by atoms with Crippen LogP contribution in [0.15, 0.2) is 18.5 Å². The van der Waals surface area contributed by atoms with E-state index in [4.69, 9.17) is 4.74 Å². The molecule has 66 valence electrons. The molecule has 2 rings (SSSR count). The van der Waals surface area contributed by atoms with Crippen molar-refractivity contribution in [1.29, 1.82) is 0 Å². The topological polar surface area (TPSA) is 55.0 Å². The van der Waals surface area contributed by atoms with Crippen molar-refractivity contribution >= 4 is 17.3 Å². The van der Waals surface area contributed by atoms with E-state index in [1.807, 2.05) is 0 Å². The summed E-state index contributed by atoms with van der Waals surface area (Å²) in [6.45, 7) is 0. The Bertz CT molecular complexity index is 448. The Balaban J connectivity index is 2.79. The zero-order valence-electron chi connectivity index (χ0n) is 7.07. The molecule has 0 saturated carbocycles. The van der Waals surface area contributed by atoms with E-state index in [0.717, 1.165) is 11.8 Å². The van der Waals surface area contributed by atoms with Gasteiger partial charge >= 0.3 is 0 Å². The molecule has 0 aromatic carbocycles. The molecule has 1 N–H and O–H groups in total. The second-order valence-corrected chi connectivity index (χ2v) is 2.60. The van der Waals surface area contributed by atoms with Crippen molar-refractivity contribution in [3.05, 3.63) is 24.0 Å². The number of carbonyl (C=O) groups excluding carboxylic acids is 1. The second-order valence-electron chi connectivity index (χ2n) is 2.60. The maximum Gasteiger partial charge on any atom is 0.153 e. The van der Waals surface area contributed by atoms with Crippen LogP contribution in [0.3, 0.4) is 0 Å². The van der Waals surface area contributed by atoms with Crippen molar-refractivity contribution in [3.63, 3.8) is 0 Å². The minimum absolute atomic E-state index is 0.550. The molecule has 0 fully saturated rings. The Morgan fingerprint density at radius 2 is 2.46 bits per heavy atom. The number of hydrogen-bond donors (Lipinski definition) is 1. The van der Waals surface area contributed by atoms with Crippen LogP contribution in [0.2, 0.25) is 0 Å². The normalized spacial score (nSPS) is 10.2. The Hall–Kier alpha value is -1.84. The summed E-state index contributed by atoms with van der Waals surface area (Å²) in [5.41, 5.74) is 1.95. The summed E-state index contributed by atoms with van der Waals surface area (Å²) in [6, 6.07) is 1.74. The fourth-order valence-electron chi connectivity index (χ4n) is 1.28. The summed E-state index contributed by atoms with van der Waals surface area (Å²) >= 11 is 0. The van der Waals surface area contributed by atoms with Crippen molar-refractivity contribution < 1.29 is 9.53 Å². The quantitative estimate of drug-likeness (QED) is 0.703. The van der Waals surface area contributed by atoms with Gasteiger partial charge in [-0.3, -0.25) is 9.78 Å². The smallest absolute Gasteiger partial charge is 0.153 e. The first-order valence-corrected chi connectivity index (χ1v) is 3.82. The van der Waals surface area contributed by atoms with Crippen molar-refractivity contribution in [2.24, 2.45) is 0 Å². The van der Waals surface area contributed by atoms with E-state index in [-0.39, 0.29) is 0 Å². The standard InChI is InChI=1S/C9H8N2O2/c1-13-7-2-3-10-8-6(5-12)4-11-9(7)8/h2-5,11H,1H3. The van der Waals surface area contributed by atoms with Crippen LogP contribution in [0.4, 0.5) is 0 Å². The van der Waals surface area contributed by atoms with Crippen LogP contribution in [0.5, 0.6) is 5.75 Å². The van der Waals surface area contributed by atoms with E-state index in [9.17, 15) is 4.79 Å². The van der Waals surface area contributed by atoms with Gasteiger partial charge in [-0.15, -0.1) is 0 Å². The number of hydrogen-bond acceptors (Lipinski definition) is 3. The van der Waals surface area contributed by atoms with Crippen molar-refractivity contribution in [2.45, 2.75) is 0 Å². The molecule has 4 nitrogen and oxygen atoms in total. The average molecular weight is 176 g/mol. The first kappa shape index (κ1) is 7.79. The highest BCUT2D eigenvalue weighted by Gasteiger charge is 2.07. The molecule has 13 heavy (non-hydrogen) atoms. The Morgan fingerprint density at radius 1 is 1.62 bits per heavy atom. The number of pyridine rings is 1. The number of ether oxygens (including phenoxy) is 1. The minimum atomic E-state index is 0.550. The van der Waals surface area contributed by atoms with Crippen LogP contribution in [0.25, 0.3) is 11.0 Å². The highest BCUT2D eigenvalue weighted by atomic mass is 16.5. The van der Waals surface area contributed by atoms with Gasteiger partial charge in [0.25, 0.3) is 0 Å². The van der Waals surface area contributed by atoms with Crippen molar-refractivity contribution in [2.75, 3.05) is 7.11 Å². The molecule has 0 radical (unpaired) electrons. The summed E-state index contributed by atoms with van der Waals surface area (Å²) in [7, 11) is 1.58. The lowest BCUT2D eigenvalue weighted by Gasteiger charge is -1.99. The van der Waals surface area contributed by atoms with Gasteiger partial charge in [-0.25, -0.2) is 0 Å². The van der Waals surface area contributed by atoms with E-state index in [1.54, 1.807) is 25.6 Å². The van der Waals surface area contributed by atoms with E-state index in [1.165, 1.54) is 0 Å². The summed E-state index contributed by atoms with van der Waals surface area (Å²) in [4.78, 5) is 17.6. The zero-order valence-corrected chi connectivity index (χ0v) is 7.07. The fourth-order valence-corrected chi connectivity index (χ4v) is 1.28. The monoisotopic (exact) mass is 176 g/mol. The summed E-state index contributed by atoms with van der Waals surface area (Å²) in [6.07, 6.45) is 4.00. The summed E-state index contributed by atoms with van der Waals surface area (Å²) < 4.78 is 5.10. The Kier molecular flexibility index (Phi) is 1.73. The molecule has 0 spiro atoms. The Labute approximate surface area is 74.5 Å². The van der Waals surface area contributed by atoms with Crippen LogP contribution < -0.4 is 4.74 Å². The molecular weight excluding hydrogens is 168 g/mol. The SMILES string of the molecule is COc1ccnc2c(C=O)c[nH]c12. The lowest BCUT2D eigenvalue weighted by Crippen LogP contribution is -1.86. The fraction of sp³-hybridized carbons (Fsp3) is 0.111. The second kappa shape index (κ2) is 2.90. The molecule has 0 atom stereocenters. The number of aromatic nitrogens is 2. The van der Waals surface area contributed by atoms with E-state index < -0.39 is 0 Å². The highest BCUT2D eigenvalue weighted by molar-refractivity contribution is 5.96. The van der Waals surface area contributed by atoms with E-state index in [2.05, 4.69) is 9.97 Å². The van der Waals surface area contributed by atoms with E-state index in [0.29, 0.717) is 16.8 Å². The van der Waals surface area contributed by atoms with Gasteiger partial charge < -0.3 is 9.72 Å². The highest BCUT2D eigenvalue weighted by Crippen LogP contribution is 2.23. The molecule has 0 aliphatic rings. The van der Waals surface area contributed by atoms with Gasteiger partial charge in [-0.1, -0.05) is 0 Å². The number of fused-ring (bicyclic) bond motifs is 1. The number of H-pyrrole nitrogens is 1. The van der Waals surface area contributed by atoms with Crippen LogP contribution in [0, 0.1) is 0 Å². The van der Waals surface area contributed by atoms with Crippen molar-refractivity contribution in [3.8, 4) is 5.75 Å². The van der Waals surface area contributed by atoms with Crippen LogP contribution in [-0.4, -0.2) is 23.4 Å². The number of carbonyl (C=O) groups is 1. The number of rotatable bonds is 2. The maximum absolute atomic E-state index is 10.6. The first-order chi connectivity index (χ1) is 6.36. The largest absolute Gasteiger partial charge is 0.494 e. The van der Waals surface area contributed by atoms with Crippen LogP contribution in [0.1, 0.15) is 10.4 Å². The third kappa shape index (κ3) is 1.07. The van der Waals surface area contributed by atoms with Crippen molar-refractivity contribution in [1.82, 2.24) is 9.97 Å². The maximum atomic E-state index is 10.6. The van der Waals surface area contributed by atoms with Gasteiger partial charge in [0.05, 0.1) is 12.7 Å². The number of nitrogens with one attached hydrogen (secondary N) is 1. The molecule has 2 aromatic heterocycles. The van der Waals surface area contributed by atoms with Gasteiger partial charge in [0.2, 0.25) is 0 Å². The zero-order chi connectivity index (χ0) is 9.26. The summed E-state index contributed by atoms with van der Waals surface area (Å²) in [5.74, 6) is 0.693. The van der Waals surface area contributed by atoms with Gasteiger partial charge in [0, 0.05) is 18.5 Å². The molecular formula is C9H8N2O2. The number of nitrogens with zero attached hydrogens (tertiary/aromatic N) is 1. The molecule has 0 bridgehead atoms. The molecule has 2 aromatic rings. The number of aromatic amines is 1.